The molecule has 2 aliphatic rings. The van der Waals surface area contributed by atoms with Gasteiger partial charge in [0.05, 0.1) is 18.1 Å². The second kappa shape index (κ2) is 12.0. The number of amidine groups is 1. The zero-order valence-corrected chi connectivity index (χ0v) is 20.3. The fourth-order valence-corrected chi connectivity index (χ4v) is 5.15. The molecule has 0 spiro atoms. The number of primary amides is 1. The number of thioether (sulfide) groups is 1. The fourth-order valence-electron chi connectivity index (χ4n) is 4.02. The number of nitrogens with one attached hydrogen (secondary N) is 2. The van der Waals surface area contributed by atoms with Gasteiger partial charge in [-0.3, -0.25) is 15.2 Å². The molecule has 1 amide bonds. The molecule has 8 heteroatoms. The third-order valence-electron chi connectivity index (χ3n) is 6.12. The first-order valence-corrected chi connectivity index (χ1v) is 11.9. The van der Waals surface area contributed by atoms with Crippen molar-refractivity contribution >= 4 is 30.7 Å². The maximum Gasteiger partial charge on any atom is 0.204 e. The van der Waals surface area contributed by atoms with Crippen molar-refractivity contribution in [2.24, 2.45) is 5.73 Å². The van der Waals surface area contributed by atoms with Crippen molar-refractivity contribution in [3.8, 4) is 11.3 Å². The van der Waals surface area contributed by atoms with Gasteiger partial charge in [-0.25, -0.2) is 0 Å². The molecule has 5 N–H and O–H groups in total. The van der Waals surface area contributed by atoms with Crippen molar-refractivity contribution in [2.45, 2.75) is 43.3 Å². The number of pyridine rings is 1. The topological polar surface area (TPSA) is 127 Å². The molecule has 0 bridgehead atoms. The lowest BCUT2D eigenvalue weighted by atomic mass is 9.93. The first-order valence-electron chi connectivity index (χ1n) is 11.0. The van der Waals surface area contributed by atoms with Crippen LogP contribution in [0.25, 0.3) is 11.3 Å². The zero-order valence-electron chi connectivity index (χ0n) is 19.5. The number of carbonyl (C=O) groups is 1. The summed E-state index contributed by atoms with van der Waals surface area (Å²) in [5.41, 5.74) is 9.05. The Hall–Kier alpha value is -2.71. The van der Waals surface area contributed by atoms with Gasteiger partial charge in [0.2, 0.25) is 6.41 Å². The number of nitrogens with two attached hydrogens (primary N) is 1. The van der Waals surface area contributed by atoms with E-state index < -0.39 is 0 Å². The molecule has 1 aliphatic heterocycles. The van der Waals surface area contributed by atoms with Gasteiger partial charge in [0, 0.05) is 47.2 Å². The molecular weight excluding hydrogens is 434 g/mol. The lowest BCUT2D eigenvalue weighted by Crippen LogP contribution is -2.39. The van der Waals surface area contributed by atoms with Gasteiger partial charge < -0.3 is 21.1 Å². The molecule has 4 rings (SSSR count). The Bertz CT molecular complexity index is 915. The number of aromatic nitrogens is 1. The molecular formula is C25H35N5O2S. The summed E-state index contributed by atoms with van der Waals surface area (Å²) >= 11 is 1.80. The van der Waals surface area contributed by atoms with Crippen LogP contribution in [0.1, 0.15) is 37.3 Å². The Morgan fingerprint density at radius 2 is 1.88 bits per heavy atom. The summed E-state index contributed by atoms with van der Waals surface area (Å²) in [5.74, 6) is 1.64. The summed E-state index contributed by atoms with van der Waals surface area (Å²) in [4.78, 5) is 15.4. The number of rotatable bonds is 5. The molecule has 1 unspecified atom stereocenters. The molecule has 178 valence electrons. The van der Waals surface area contributed by atoms with Crippen LogP contribution >= 0.6 is 11.8 Å². The predicted octanol–water partition coefficient (Wildman–Crippen LogP) is 3.62. The van der Waals surface area contributed by atoms with Gasteiger partial charge in [0.25, 0.3) is 0 Å². The van der Waals surface area contributed by atoms with Crippen LogP contribution in [0.15, 0.2) is 42.6 Å². The van der Waals surface area contributed by atoms with E-state index in [1.54, 1.807) is 11.8 Å². The second-order valence-corrected chi connectivity index (χ2v) is 10.4. The highest BCUT2D eigenvalue weighted by Crippen LogP contribution is 2.49. The molecule has 1 aromatic heterocycles. The summed E-state index contributed by atoms with van der Waals surface area (Å²) < 4.78 is -0.217. The van der Waals surface area contributed by atoms with E-state index in [4.69, 9.17) is 15.6 Å². The number of carbonyl (C=O) groups excluding carboxylic acids is 1. The van der Waals surface area contributed by atoms with E-state index in [1.807, 2.05) is 6.20 Å². The molecule has 1 aliphatic carbocycles. The molecule has 2 heterocycles. The summed E-state index contributed by atoms with van der Waals surface area (Å²) in [6, 6.07) is 13.0. The molecule has 2 aromatic rings. The minimum atomic E-state index is -0.217. The molecule has 0 radical (unpaired) electrons. The van der Waals surface area contributed by atoms with Gasteiger partial charge in [0.1, 0.15) is 0 Å². The third kappa shape index (κ3) is 6.88. The van der Waals surface area contributed by atoms with Gasteiger partial charge >= 0.3 is 0 Å². The van der Waals surface area contributed by atoms with E-state index in [2.05, 4.69) is 72.6 Å². The van der Waals surface area contributed by atoms with E-state index in [0.29, 0.717) is 12.3 Å². The second-order valence-electron chi connectivity index (χ2n) is 8.72. The maximum atomic E-state index is 9.70. The lowest BCUT2D eigenvalue weighted by Gasteiger charge is -2.30. The number of benzene rings is 1. The number of amides is 1. The van der Waals surface area contributed by atoms with Gasteiger partial charge in [-0.2, -0.15) is 11.8 Å². The number of aliphatic hydroxyl groups excluding tert-OH is 1. The summed E-state index contributed by atoms with van der Waals surface area (Å²) in [6.45, 7) is 8.56. The first-order chi connectivity index (χ1) is 15.8. The van der Waals surface area contributed by atoms with Crippen molar-refractivity contribution in [2.75, 3.05) is 25.4 Å². The number of aliphatic hydroxyl groups is 1. The fraction of sp³-hybridized carbons (Fsp3) is 0.440. The monoisotopic (exact) mass is 469 g/mol. The van der Waals surface area contributed by atoms with Crippen molar-refractivity contribution < 1.29 is 9.90 Å². The van der Waals surface area contributed by atoms with E-state index in [-0.39, 0.29) is 23.2 Å². The highest BCUT2D eigenvalue weighted by atomic mass is 32.2. The van der Waals surface area contributed by atoms with Gasteiger partial charge in [-0.1, -0.05) is 30.3 Å². The van der Waals surface area contributed by atoms with E-state index in [9.17, 15) is 5.11 Å². The van der Waals surface area contributed by atoms with Gasteiger partial charge in [-0.15, -0.1) is 0 Å². The van der Waals surface area contributed by atoms with Crippen LogP contribution in [-0.2, 0) is 10.2 Å². The quantitative estimate of drug-likeness (QED) is 0.393. The Morgan fingerprint density at radius 3 is 2.39 bits per heavy atom. The summed E-state index contributed by atoms with van der Waals surface area (Å²) in [6.07, 6.45) is 5.17. The maximum absolute atomic E-state index is 9.70. The average Bonchev–Trinajstić information content (AvgIpc) is 3.63. The van der Waals surface area contributed by atoms with Crippen LogP contribution < -0.4 is 5.73 Å². The summed E-state index contributed by atoms with van der Waals surface area (Å²) in [5, 5.41) is 23.8. The molecule has 33 heavy (non-hydrogen) atoms. The van der Waals surface area contributed by atoms with Crippen LogP contribution in [0.2, 0.25) is 0 Å². The summed E-state index contributed by atoms with van der Waals surface area (Å²) in [7, 11) is 0. The minimum absolute atomic E-state index is 0.132. The van der Waals surface area contributed by atoms with Crippen molar-refractivity contribution in [3.05, 3.63) is 53.7 Å². The van der Waals surface area contributed by atoms with Crippen LogP contribution in [0, 0.1) is 17.7 Å². The molecule has 1 saturated carbocycles. The van der Waals surface area contributed by atoms with Crippen LogP contribution in [-0.4, -0.2) is 64.1 Å². The Morgan fingerprint density at radius 1 is 1.24 bits per heavy atom. The Kier molecular flexibility index (Phi) is 9.61. The highest BCUT2D eigenvalue weighted by Gasteiger charge is 2.46. The number of nitrogens with zero attached hydrogens (tertiary/aromatic N) is 2. The zero-order chi connectivity index (χ0) is 24.5. The SMILES string of the molecule is C=N.Cc1ccc(-c2ccc(C3(CN4CCSC(C)(CO)CC4=N)CC3)cc2)nc1.NC=O. The van der Waals surface area contributed by atoms with E-state index in [0.717, 1.165) is 30.1 Å². The lowest BCUT2D eigenvalue weighted by molar-refractivity contribution is -0.106. The molecule has 1 atom stereocenters. The van der Waals surface area contributed by atoms with Gasteiger partial charge in [0.15, 0.2) is 0 Å². The van der Waals surface area contributed by atoms with Crippen LogP contribution in [0.5, 0.6) is 0 Å². The largest absolute Gasteiger partial charge is 0.395 e. The highest BCUT2D eigenvalue weighted by molar-refractivity contribution is 8.00. The van der Waals surface area contributed by atoms with Crippen molar-refractivity contribution in [1.82, 2.24) is 9.88 Å². The Labute approximate surface area is 200 Å². The molecule has 1 aromatic carbocycles. The van der Waals surface area contributed by atoms with Crippen LogP contribution in [0.4, 0.5) is 0 Å². The van der Waals surface area contributed by atoms with Gasteiger partial charge in [-0.05, 0) is 50.6 Å². The third-order valence-corrected chi connectivity index (χ3v) is 7.48. The number of hydrogen-bond acceptors (Lipinski definition) is 6. The van der Waals surface area contributed by atoms with E-state index >= 15 is 0 Å². The molecule has 7 nitrogen and oxygen atoms in total. The van der Waals surface area contributed by atoms with Crippen LogP contribution in [0.3, 0.4) is 0 Å². The molecule has 2 fully saturated rings. The first kappa shape index (κ1) is 26.5. The number of aryl methyl sites for hydroxylation is 1. The van der Waals surface area contributed by atoms with E-state index in [1.165, 1.54) is 24.0 Å². The molecule has 1 saturated heterocycles. The number of hydrogen-bond donors (Lipinski definition) is 4. The standard InChI is InChI=1S/C23H29N3OS.CH3NO.CH3N/c1-17-3-8-20(25-14-17)18-4-6-19(7-5-18)23(9-10-23)15-26-11-12-28-22(2,16-27)13-21(26)24;2-1-3;1-2/h3-8,14,24,27H,9-13,15-16H2,1-2H3;1H,(H2,2,3);2H,1H2. The average molecular weight is 470 g/mol. The van der Waals surface area contributed by atoms with Crippen molar-refractivity contribution in [3.63, 3.8) is 0 Å². The predicted molar refractivity (Wildman–Crippen MR) is 137 cm³/mol. The minimum Gasteiger partial charge on any atom is -0.395 e. The smallest absolute Gasteiger partial charge is 0.204 e. The normalized spacial score (nSPS) is 20.9. The Balaban J connectivity index is 0.000000714. The van der Waals surface area contributed by atoms with Crippen molar-refractivity contribution in [1.29, 1.82) is 10.8 Å².